The van der Waals surface area contributed by atoms with Crippen molar-refractivity contribution < 1.29 is 9.53 Å². The summed E-state index contributed by atoms with van der Waals surface area (Å²) >= 11 is 5.79. The van der Waals surface area contributed by atoms with Gasteiger partial charge in [0.25, 0.3) is 0 Å². The summed E-state index contributed by atoms with van der Waals surface area (Å²) in [5, 5.41) is 4.37. The first-order valence-corrected chi connectivity index (χ1v) is 5.19. The summed E-state index contributed by atoms with van der Waals surface area (Å²) in [6, 6.07) is 0. The number of esters is 1. The van der Waals surface area contributed by atoms with Crippen LogP contribution in [0.25, 0.3) is 5.52 Å². The lowest BCUT2D eigenvalue weighted by Crippen LogP contribution is -2.05. The van der Waals surface area contributed by atoms with Crippen molar-refractivity contribution in [2.24, 2.45) is 0 Å². The fourth-order valence-electron chi connectivity index (χ4n) is 1.52. The van der Waals surface area contributed by atoms with Gasteiger partial charge in [-0.2, -0.15) is 5.10 Å². The number of hydrogen-bond donors (Lipinski definition) is 0. The van der Waals surface area contributed by atoms with E-state index in [0.29, 0.717) is 28.5 Å². The molecule has 0 atom stereocenters. The van der Waals surface area contributed by atoms with Crippen LogP contribution in [0, 0.1) is 6.92 Å². The van der Waals surface area contributed by atoms with E-state index in [2.05, 4.69) is 10.1 Å². The van der Waals surface area contributed by atoms with Crippen LogP contribution < -0.4 is 0 Å². The summed E-state index contributed by atoms with van der Waals surface area (Å²) < 4.78 is 6.45. The minimum absolute atomic E-state index is 0.330. The van der Waals surface area contributed by atoms with Crippen LogP contribution >= 0.6 is 11.6 Å². The van der Waals surface area contributed by atoms with Crippen LogP contribution in [-0.2, 0) is 4.74 Å². The van der Waals surface area contributed by atoms with Gasteiger partial charge in [0, 0.05) is 0 Å². The van der Waals surface area contributed by atoms with Crippen molar-refractivity contribution in [2.45, 2.75) is 13.8 Å². The Morgan fingerprint density at radius 1 is 1.62 bits per heavy atom. The van der Waals surface area contributed by atoms with E-state index in [4.69, 9.17) is 16.3 Å². The van der Waals surface area contributed by atoms with Crippen molar-refractivity contribution in [2.75, 3.05) is 6.61 Å². The van der Waals surface area contributed by atoms with Crippen LogP contribution in [0.1, 0.15) is 23.0 Å². The van der Waals surface area contributed by atoms with E-state index in [9.17, 15) is 4.79 Å². The molecule has 0 aliphatic heterocycles. The van der Waals surface area contributed by atoms with Crippen LogP contribution in [0.4, 0.5) is 0 Å². The van der Waals surface area contributed by atoms with Crippen molar-refractivity contribution >= 4 is 23.1 Å². The Morgan fingerprint density at radius 3 is 3.06 bits per heavy atom. The molecule has 0 bridgehead atoms. The monoisotopic (exact) mass is 239 g/mol. The summed E-state index contributed by atoms with van der Waals surface area (Å²) in [5.41, 5.74) is 1.68. The van der Waals surface area contributed by atoms with Crippen LogP contribution in [0.15, 0.2) is 12.4 Å². The molecule has 0 aromatic carbocycles. The lowest BCUT2D eigenvalue weighted by molar-refractivity contribution is 0.0528. The Balaban J connectivity index is 2.60. The molecular formula is C10H10ClN3O2. The van der Waals surface area contributed by atoms with Gasteiger partial charge in [-0.05, 0) is 13.8 Å². The molecule has 0 saturated carbocycles. The highest BCUT2D eigenvalue weighted by Gasteiger charge is 2.16. The van der Waals surface area contributed by atoms with E-state index in [1.54, 1.807) is 20.0 Å². The van der Waals surface area contributed by atoms with E-state index in [-0.39, 0.29) is 0 Å². The maximum absolute atomic E-state index is 11.6. The summed E-state index contributed by atoms with van der Waals surface area (Å²) in [4.78, 5) is 15.7. The molecule has 2 aromatic rings. The molecule has 2 rings (SSSR count). The Bertz CT molecular complexity index is 550. The topological polar surface area (TPSA) is 56.5 Å². The average molecular weight is 240 g/mol. The molecule has 2 aromatic heterocycles. The fraction of sp³-hybridized carbons (Fsp3) is 0.300. The highest BCUT2D eigenvalue weighted by molar-refractivity contribution is 6.29. The van der Waals surface area contributed by atoms with Gasteiger partial charge in [0.15, 0.2) is 0 Å². The molecule has 0 amide bonds. The molecule has 5 nitrogen and oxygen atoms in total. The number of hydrogen-bond acceptors (Lipinski definition) is 4. The summed E-state index contributed by atoms with van der Waals surface area (Å²) in [6.07, 6.45) is 3.00. The van der Waals surface area contributed by atoms with Crippen molar-refractivity contribution in [3.05, 3.63) is 28.8 Å². The van der Waals surface area contributed by atoms with Gasteiger partial charge in [-0.15, -0.1) is 0 Å². The van der Waals surface area contributed by atoms with Crippen molar-refractivity contribution in [3.63, 3.8) is 0 Å². The van der Waals surface area contributed by atoms with Crippen LogP contribution in [-0.4, -0.2) is 27.2 Å². The molecule has 84 valence electrons. The normalized spacial score (nSPS) is 10.7. The average Bonchev–Trinajstić information content (AvgIpc) is 2.61. The Labute approximate surface area is 97.0 Å². The summed E-state index contributed by atoms with van der Waals surface area (Å²) in [6.45, 7) is 3.85. The van der Waals surface area contributed by atoms with E-state index >= 15 is 0 Å². The standard InChI is InChI=1S/C10H10ClN3O2/c1-3-16-10(15)7-4-12-14-5-8(11)13-6(2)9(7)14/h4-5H,3H2,1-2H3. The molecule has 0 saturated heterocycles. The molecule has 2 heterocycles. The first-order chi connectivity index (χ1) is 7.63. The van der Waals surface area contributed by atoms with Gasteiger partial charge in [0.1, 0.15) is 16.2 Å². The quantitative estimate of drug-likeness (QED) is 0.751. The number of nitrogens with zero attached hydrogens (tertiary/aromatic N) is 3. The van der Waals surface area contributed by atoms with Gasteiger partial charge in [-0.1, -0.05) is 11.6 Å². The van der Waals surface area contributed by atoms with E-state index < -0.39 is 5.97 Å². The SMILES string of the molecule is CCOC(=O)c1cnn2cc(Cl)nc(C)c12. The van der Waals surface area contributed by atoms with Crippen LogP contribution in [0.3, 0.4) is 0 Å². The third kappa shape index (κ3) is 1.74. The summed E-state index contributed by atoms with van der Waals surface area (Å²) in [7, 11) is 0. The first kappa shape index (κ1) is 10.9. The molecule has 0 spiro atoms. The maximum Gasteiger partial charge on any atom is 0.342 e. The number of aromatic nitrogens is 3. The van der Waals surface area contributed by atoms with Crippen molar-refractivity contribution in [1.29, 1.82) is 0 Å². The van der Waals surface area contributed by atoms with Crippen LogP contribution in [0.5, 0.6) is 0 Å². The van der Waals surface area contributed by atoms with E-state index in [0.717, 1.165) is 0 Å². The third-order valence-electron chi connectivity index (χ3n) is 2.14. The Morgan fingerprint density at radius 2 is 2.38 bits per heavy atom. The van der Waals surface area contributed by atoms with Gasteiger partial charge in [0.2, 0.25) is 0 Å². The molecule has 0 aliphatic rings. The smallest absolute Gasteiger partial charge is 0.342 e. The number of ether oxygens (including phenoxy) is 1. The van der Waals surface area contributed by atoms with E-state index in [1.165, 1.54) is 10.7 Å². The lowest BCUT2D eigenvalue weighted by Gasteiger charge is -2.02. The first-order valence-electron chi connectivity index (χ1n) is 4.81. The van der Waals surface area contributed by atoms with Crippen molar-refractivity contribution in [3.8, 4) is 0 Å². The second kappa shape index (κ2) is 4.09. The zero-order chi connectivity index (χ0) is 11.7. The molecular weight excluding hydrogens is 230 g/mol. The maximum atomic E-state index is 11.6. The van der Waals surface area contributed by atoms with Gasteiger partial charge in [0.05, 0.1) is 24.7 Å². The molecule has 0 aliphatic carbocycles. The van der Waals surface area contributed by atoms with Crippen molar-refractivity contribution in [1.82, 2.24) is 14.6 Å². The molecule has 6 heteroatoms. The fourth-order valence-corrected chi connectivity index (χ4v) is 1.74. The highest BCUT2D eigenvalue weighted by Crippen LogP contribution is 2.17. The number of aryl methyl sites for hydroxylation is 1. The minimum Gasteiger partial charge on any atom is -0.462 e. The molecule has 0 radical (unpaired) electrons. The second-order valence-electron chi connectivity index (χ2n) is 3.22. The molecule has 16 heavy (non-hydrogen) atoms. The Kier molecular flexibility index (Phi) is 2.78. The van der Waals surface area contributed by atoms with Crippen LogP contribution in [0.2, 0.25) is 5.15 Å². The lowest BCUT2D eigenvalue weighted by atomic mass is 10.2. The zero-order valence-corrected chi connectivity index (χ0v) is 9.65. The minimum atomic E-state index is -0.398. The van der Waals surface area contributed by atoms with E-state index in [1.807, 2.05) is 0 Å². The van der Waals surface area contributed by atoms with Gasteiger partial charge in [-0.25, -0.2) is 14.3 Å². The summed E-state index contributed by atoms with van der Waals surface area (Å²) in [5.74, 6) is -0.398. The number of carbonyl (C=O) groups excluding carboxylic acids is 1. The molecule has 0 unspecified atom stereocenters. The number of fused-ring (bicyclic) bond motifs is 1. The largest absolute Gasteiger partial charge is 0.462 e. The highest BCUT2D eigenvalue weighted by atomic mass is 35.5. The molecule has 0 N–H and O–H groups in total. The van der Waals surface area contributed by atoms with Gasteiger partial charge >= 0.3 is 5.97 Å². The zero-order valence-electron chi connectivity index (χ0n) is 8.90. The number of rotatable bonds is 2. The number of halogens is 1. The second-order valence-corrected chi connectivity index (χ2v) is 3.61. The third-order valence-corrected chi connectivity index (χ3v) is 2.32. The molecule has 0 fully saturated rings. The van der Waals surface area contributed by atoms with Gasteiger partial charge < -0.3 is 4.74 Å². The predicted octanol–water partition coefficient (Wildman–Crippen LogP) is 1.87. The number of carbonyl (C=O) groups is 1. The predicted molar refractivity (Wildman–Crippen MR) is 58.7 cm³/mol. The van der Waals surface area contributed by atoms with Gasteiger partial charge in [-0.3, -0.25) is 0 Å². The Hall–Kier alpha value is -1.62.